The second kappa shape index (κ2) is 25.8. The van der Waals surface area contributed by atoms with Crippen molar-refractivity contribution < 1.29 is 14.5 Å². The van der Waals surface area contributed by atoms with Gasteiger partial charge in [-0.05, 0) is 19.1 Å². The van der Waals surface area contributed by atoms with Crippen molar-refractivity contribution in [3.63, 3.8) is 0 Å². The summed E-state index contributed by atoms with van der Waals surface area (Å²) < 4.78 is 0. The Hall–Kier alpha value is -2.44. The molecule has 2 amide bonds. The molecule has 1 aromatic carbocycles. The lowest BCUT2D eigenvalue weighted by Gasteiger charge is -2.05. The molecule has 27 heavy (non-hydrogen) atoms. The molecule has 0 fully saturated rings. The third kappa shape index (κ3) is 19.7. The van der Waals surface area contributed by atoms with Crippen molar-refractivity contribution >= 4 is 17.5 Å². The Kier molecular flexibility index (Phi) is 30.8. The van der Waals surface area contributed by atoms with E-state index in [-0.39, 0.29) is 23.7 Å². The molecule has 0 aliphatic carbocycles. The first-order valence-electron chi connectivity index (χ1n) is 9.75. The van der Waals surface area contributed by atoms with Gasteiger partial charge >= 0.3 is 0 Å². The van der Waals surface area contributed by atoms with Crippen LogP contribution in [0.25, 0.3) is 0 Å². The topological polar surface area (TPSA) is 101 Å². The molecule has 0 aliphatic heterocycles. The van der Waals surface area contributed by atoms with Gasteiger partial charge in [0.15, 0.2) is 0 Å². The van der Waals surface area contributed by atoms with Gasteiger partial charge in [0, 0.05) is 24.2 Å². The maximum Gasteiger partial charge on any atom is 0.269 e. The van der Waals surface area contributed by atoms with Crippen molar-refractivity contribution in [2.75, 3.05) is 13.1 Å². The van der Waals surface area contributed by atoms with Gasteiger partial charge in [-0.25, -0.2) is 0 Å². The first-order valence-corrected chi connectivity index (χ1v) is 9.75. The number of rotatable bonds is 5. The predicted octanol–water partition coefficient (Wildman–Crippen LogP) is 4.96. The number of hydrogen-bond acceptors (Lipinski definition) is 4. The molecule has 7 nitrogen and oxygen atoms in total. The quantitative estimate of drug-likeness (QED) is 0.552. The van der Waals surface area contributed by atoms with Gasteiger partial charge < -0.3 is 10.6 Å². The number of nitrogens with zero attached hydrogens (tertiary/aromatic N) is 1. The average Bonchev–Trinajstić information content (AvgIpc) is 2.71. The zero-order valence-electron chi connectivity index (χ0n) is 18.5. The molecule has 0 aliphatic rings. The minimum Gasteiger partial charge on any atom is -0.355 e. The number of non-ortho nitro benzene ring substituents is 1. The average molecular weight is 386 g/mol. The number of likely N-dealkylation sites (N-methyl/N-ethyl adjacent to an activating group) is 1. The molecule has 158 valence electrons. The number of carbonyl (C=O) groups is 2. The largest absolute Gasteiger partial charge is 0.355 e. The summed E-state index contributed by atoms with van der Waals surface area (Å²) in [6, 6.07) is 5.15. The number of benzene rings is 1. The maximum atomic E-state index is 11.6. The Morgan fingerprint density at radius 1 is 0.889 bits per heavy atom. The third-order valence-corrected chi connectivity index (χ3v) is 2.12. The Morgan fingerprint density at radius 2 is 1.30 bits per heavy atom. The second-order valence-electron chi connectivity index (χ2n) is 4.15. The number of nitro benzene ring substituents is 1. The number of carbonyl (C=O) groups excluding carboxylic acids is 2. The van der Waals surface area contributed by atoms with E-state index in [1.807, 2.05) is 41.5 Å². The second-order valence-corrected chi connectivity index (χ2v) is 4.15. The first kappa shape index (κ1) is 32.3. The maximum absolute atomic E-state index is 11.6. The Morgan fingerprint density at radius 3 is 1.63 bits per heavy atom. The molecular weight excluding hydrogens is 346 g/mol. The van der Waals surface area contributed by atoms with E-state index in [9.17, 15) is 19.7 Å². The molecule has 0 unspecified atom stereocenters. The molecule has 0 saturated carbocycles. The smallest absolute Gasteiger partial charge is 0.269 e. The van der Waals surface area contributed by atoms with Crippen LogP contribution in [0.5, 0.6) is 0 Å². The monoisotopic (exact) mass is 385 g/mol. The van der Waals surface area contributed by atoms with Gasteiger partial charge in [0.2, 0.25) is 5.91 Å². The van der Waals surface area contributed by atoms with Crippen LogP contribution in [0.4, 0.5) is 5.69 Å². The van der Waals surface area contributed by atoms with Crippen LogP contribution in [0.3, 0.4) is 0 Å². The zero-order valence-corrected chi connectivity index (χ0v) is 18.5. The fourth-order valence-corrected chi connectivity index (χ4v) is 1.26. The van der Waals surface area contributed by atoms with Gasteiger partial charge in [0.1, 0.15) is 0 Å². The van der Waals surface area contributed by atoms with Crippen LogP contribution in [-0.2, 0) is 4.79 Å². The summed E-state index contributed by atoms with van der Waals surface area (Å²) in [7, 11) is 0. The summed E-state index contributed by atoms with van der Waals surface area (Å²) in [6.45, 7) is 18.4. The van der Waals surface area contributed by atoms with E-state index in [1.165, 1.54) is 30.7 Å². The molecule has 7 heteroatoms. The Balaban J connectivity index is -0.000000253. The van der Waals surface area contributed by atoms with E-state index in [0.717, 1.165) is 0 Å². The van der Waals surface area contributed by atoms with Crippen LogP contribution >= 0.6 is 0 Å². The van der Waals surface area contributed by atoms with Crippen LogP contribution in [0, 0.1) is 10.1 Å². The molecule has 0 bridgehead atoms. The highest BCUT2D eigenvalue weighted by atomic mass is 16.6. The number of amides is 2. The standard InChI is InChI=1S/C11H13N3O4.C3H8.3C2H6/c1-2-12-10(15)7-13-11(16)8-3-5-9(6-4-8)14(17)18;1-3-2;3*1-2/h3-6H,2,7H2,1H3,(H,12,15)(H,13,16);3H2,1-2H3;3*1-2H3. The van der Waals surface area contributed by atoms with Crippen molar-refractivity contribution in [3.05, 3.63) is 39.9 Å². The highest BCUT2D eigenvalue weighted by Crippen LogP contribution is 2.11. The molecule has 1 rings (SSSR count). The minimum absolute atomic E-state index is 0.0877. The van der Waals surface area contributed by atoms with Gasteiger partial charge in [-0.15, -0.1) is 0 Å². The van der Waals surface area contributed by atoms with Gasteiger partial charge in [0.25, 0.3) is 11.6 Å². The zero-order chi connectivity index (χ0) is 22.3. The van der Waals surface area contributed by atoms with Crippen LogP contribution in [-0.4, -0.2) is 29.8 Å². The van der Waals surface area contributed by atoms with E-state index >= 15 is 0 Å². The number of hydrogen-bond donors (Lipinski definition) is 2. The van der Waals surface area contributed by atoms with Gasteiger partial charge in [-0.3, -0.25) is 19.7 Å². The minimum atomic E-state index is -0.545. The van der Waals surface area contributed by atoms with E-state index in [1.54, 1.807) is 6.92 Å². The molecular formula is C20H39N3O4. The summed E-state index contributed by atoms with van der Waals surface area (Å²) in [5.74, 6) is -0.732. The fraction of sp³-hybridized carbons (Fsp3) is 0.600. The predicted molar refractivity (Wildman–Crippen MR) is 114 cm³/mol. The molecule has 0 aromatic heterocycles. The van der Waals surface area contributed by atoms with Crippen molar-refractivity contribution in [2.24, 2.45) is 0 Å². The van der Waals surface area contributed by atoms with Crippen LogP contribution in [0.15, 0.2) is 24.3 Å². The molecule has 0 radical (unpaired) electrons. The summed E-state index contributed by atoms with van der Waals surface area (Å²) >= 11 is 0. The van der Waals surface area contributed by atoms with Crippen molar-refractivity contribution in [2.45, 2.75) is 68.7 Å². The highest BCUT2D eigenvalue weighted by Gasteiger charge is 2.10. The molecule has 0 spiro atoms. The number of nitrogens with one attached hydrogen (secondary N) is 2. The van der Waals surface area contributed by atoms with Crippen molar-refractivity contribution in [1.82, 2.24) is 10.6 Å². The SMILES string of the molecule is CC.CC.CC.CCC.CCNC(=O)CNC(=O)c1ccc([N+](=O)[O-])cc1. The summed E-state index contributed by atoms with van der Waals surface area (Å²) in [6.07, 6.45) is 1.25. The van der Waals surface area contributed by atoms with Crippen LogP contribution in [0.2, 0.25) is 0 Å². The van der Waals surface area contributed by atoms with E-state index in [4.69, 9.17) is 0 Å². The number of nitro groups is 1. The summed E-state index contributed by atoms with van der Waals surface area (Å²) in [5, 5.41) is 15.4. The highest BCUT2D eigenvalue weighted by molar-refractivity contribution is 5.96. The van der Waals surface area contributed by atoms with E-state index in [0.29, 0.717) is 6.54 Å². The first-order chi connectivity index (χ1) is 13.0. The Bertz CT molecular complexity index is 475. The fourth-order valence-electron chi connectivity index (χ4n) is 1.26. The molecule has 0 atom stereocenters. The lowest BCUT2D eigenvalue weighted by Crippen LogP contribution is -2.36. The lowest BCUT2D eigenvalue weighted by molar-refractivity contribution is -0.384. The third-order valence-electron chi connectivity index (χ3n) is 2.12. The summed E-state index contributed by atoms with van der Waals surface area (Å²) in [5.41, 5.74) is 0.181. The van der Waals surface area contributed by atoms with E-state index < -0.39 is 10.8 Å². The van der Waals surface area contributed by atoms with Crippen LogP contribution in [0.1, 0.15) is 79.1 Å². The van der Waals surface area contributed by atoms with Crippen LogP contribution < -0.4 is 10.6 Å². The van der Waals surface area contributed by atoms with Crippen molar-refractivity contribution in [3.8, 4) is 0 Å². The lowest BCUT2D eigenvalue weighted by atomic mass is 10.2. The van der Waals surface area contributed by atoms with Gasteiger partial charge in [-0.2, -0.15) is 0 Å². The van der Waals surface area contributed by atoms with Gasteiger partial charge in [-0.1, -0.05) is 61.8 Å². The molecule has 2 N–H and O–H groups in total. The Labute approximate surface area is 165 Å². The molecule has 1 aromatic rings. The molecule has 0 saturated heterocycles. The van der Waals surface area contributed by atoms with Gasteiger partial charge in [0.05, 0.1) is 11.5 Å². The summed E-state index contributed by atoms with van der Waals surface area (Å²) in [4.78, 5) is 32.6. The van der Waals surface area contributed by atoms with Crippen molar-refractivity contribution in [1.29, 1.82) is 0 Å². The molecule has 0 heterocycles. The van der Waals surface area contributed by atoms with E-state index in [2.05, 4.69) is 24.5 Å². The normalized spacial score (nSPS) is 7.74.